The van der Waals surface area contributed by atoms with Crippen molar-refractivity contribution >= 4 is 27.5 Å². The lowest BCUT2D eigenvalue weighted by molar-refractivity contribution is 0.321. The summed E-state index contributed by atoms with van der Waals surface area (Å²) in [4.78, 5) is 2.21. The van der Waals surface area contributed by atoms with Crippen LogP contribution in [-0.4, -0.2) is 19.4 Å². The number of amidine groups is 1. The fourth-order valence-corrected chi connectivity index (χ4v) is 2.56. The molecule has 0 aromatic heterocycles. The minimum Gasteiger partial charge on any atom is -0.384 e. The van der Waals surface area contributed by atoms with Crippen LogP contribution in [0, 0.1) is 11.3 Å². The Morgan fingerprint density at radius 3 is 2.76 bits per heavy atom. The van der Waals surface area contributed by atoms with E-state index in [9.17, 15) is 0 Å². The summed E-state index contributed by atoms with van der Waals surface area (Å²) in [6.45, 7) is 1.05. The van der Waals surface area contributed by atoms with Crippen LogP contribution in [0.3, 0.4) is 0 Å². The number of hydrogen-bond acceptors (Lipinski definition) is 2. The number of nitrogens with one attached hydrogen (secondary N) is 1. The third kappa shape index (κ3) is 2.80. The van der Waals surface area contributed by atoms with Gasteiger partial charge in [0.25, 0.3) is 0 Å². The van der Waals surface area contributed by atoms with E-state index in [0.717, 1.165) is 28.2 Å². The smallest absolute Gasteiger partial charge is 0.124 e. The monoisotopic (exact) mass is 295 g/mol. The molecule has 2 rings (SSSR count). The van der Waals surface area contributed by atoms with Crippen molar-refractivity contribution in [3.8, 4) is 0 Å². The van der Waals surface area contributed by atoms with Gasteiger partial charge in [-0.05, 0) is 37.0 Å². The van der Waals surface area contributed by atoms with Crippen molar-refractivity contribution in [2.45, 2.75) is 19.3 Å². The Balaban J connectivity index is 2.21. The number of hydrogen-bond donors (Lipinski definition) is 2. The maximum Gasteiger partial charge on any atom is 0.124 e. The van der Waals surface area contributed by atoms with Crippen molar-refractivity contribution in [1.29, 1.82) is 5.41 Å². The van der Waals surface area contributed by atoms with Gasteiger partial charge in [-0.2, -0.15) is 0 Å². The Kier molecular flexibility index (Phi) is 3.72. The molecule has 3 N–H and O–H groups in total. The zero-order valence-electron chi connectivity index (χ0n) is 10.0. The molecule has 1 saturated carbocycles. The van der Waals surface area contributed by atoms with Crippen molar-refractivity contribution in [2.24, 2.45) is 11.7 Å². The summed E-state index contributed by atoms with van der Waals surface area (Å²) in [7, 11) is 2.08. The van der Waals surface area contributed by atoms with E-state index in [0.29, 0.717) is 0 Å². The van der Waals surface area contributed by atoms with Crippen molar-refractivity contribution in [1.82, 2.24) is 0 Å². The molecular weight excluding hydrogens is 278 g/mol. The van der Waals surface area contributed by atoms with E-state index >= 15 is 0 Å². The second-order valence-electron chi connectivity index (χ2n) is 4.75. The third-order valence-corrected chi connectivity index (χ3v) is 3.91. The van der Waals surface area contributed by atoms with E-state index in [1.165, 1.54) is 19.3 Å². The molecule has 92 valence electrons. The van der Waals surface area contributed by atoms with E-state index in [1.807, 2.05) is 18.2 Å². The third-order valence-electron chi connectivity index (χ3n) is 3.42. The Morgan fingerprint density at radius 2 is 2.24 bits per heavy atom. The normalized spacial score (nSPS) is 15.4. The fourth-order valence-electron chi connectivity index (χ4n) is 2.21. The molecule has 1 aliphatic carbocycles. The highest BCUT2D eigenvalue weighted by atomic mass is 79.9. The van der Waals surface area contributed by atoms with E-state index < -0.39 is 0 Å². The molecule has 3 nitrogen and oxygen atoms in total. The highest BCUT2D eigenvalue weighted by molar-refractivity contribution is 9.10. The first-order valence-electron chi connectivity index (χ1n) is 5.93. The van der Waals surface area contributed by atoms with Gasteiger partial charge in [0.15, 0.2) is 0 Å². The van der Waals surface area contributed by atoms with Crippen LogP contribution in [0.15, 0.2) is 22.7 Å². The predicted octanol–water partition coefficient (Wildman–Crippen LogP) is 2.97. The van der Waals surface area contributed by atoms with Crippen molar-refractivity contribution < 1.29 is 0 Å². The first-order chi connectivity index (χ1) is 8.08. The van der Waals surface area contributed by atoms with E-state index in [4.69, 9.17) is 11.1 Å². The van der Waals surface area contributed by atoms with Crippen LogP contribution < -0.4 is 10.6 Å². The highest BCUT2D eigenvalue weighted by Crippen LogP contribution is 2.30. The highest BCUT2D eigenvalue weighted by Gasteiger charge is 2.20. The molecule has 0 radical (unpaired) electrons. The Morgan fingerprint density at radius 1 is 1.53 bits per heavy atom. The molecule has 0 saturated heterocycles. The molecule has 0 spiro atoms. The minimum absolute atomic E-state index is 0.132. The van der Waals surface area contributed by atoms with Gasteiger partial charge in [0, 0.05) is 29.3 Å². The second-order valence-corrected chi connectivity index (χ2v) is 5.67. The maximum absolute atomic E-state index is 7.62. The first-order valence-corrected chi connectivity index (χ1v) is 6.72. The molecule has 0 aliphatic heterocycles. The van der Waals surface area contributed by atoms with Gasteiger partial charge in [-0.3, -0.25) is 5.41 Å². The predicted molar refractivity (Wildman–Crippen MR) is 75.8 cm³/mol. The molecule has 1 aliphatic rings. The van der Waals surface area contributed by atoms with E-state index in [2.05, 4.69) is 27.9 Å². The van der Waals surface area contributed by atoms with Gasteiger partial charge in [-0.1, -0.05) is 22.4 Å². The lowest BCUT2D eigenvalue weighted by atomic mass is 9.85. The quantitative estimate of drug-likeness (QED) is 0.663. The molecule has 0 heterocycles. The summed E-state index contributed by atoms with van der Waals surface area (Å²) in [5, 5.41) is 7.62. The molecule has 0 bridgehead atoms. The van der Waals surface area contributed by atoms with Crippen LogP contribution in [0.5, 0.6) is 0 Å². The molecule has 0 amide bonds. The average Bonchev–Trinajstić information content (AvgIpc) is 2.22. The zero-order chi connectivity index (χ0) is 12.4. The fraction of sp³-hybridized carbons (Fsp3) is 0.462. The van der Waals surface area contributed by atoms with Crippen LogP contribution in [0.25, 0.3) is 0 Å². The Bertz CT molecular complexity index is 427. The van der Waals surface area contributed by atoms with Crippen LogP contribution in [0.4, 0.5) is 5.69 Å². The van der Waals surface area contributed by atoms with Crippen molar-refractivity contribution in [3.63, 3.8) is 0 Å². The van der Waals surface area contributed by atoms with E-state index in [-0.39, 0.29) is 5.84 Å². The maximum atomic E-state index is 7.62. The molecule has 17 heavy (non-hydrogen) atoms. The van der Waals surface area contributed by atoms with Crippen LogP contribution in [0.1, 0.15) is 24.8 Å². The Hall–Kier alpha value is -1.03. The first kappa shape index (κ1) is 12.4. The molecule has 0 atom stereocenters. The van der Waals surface area contributed by atoms with Gasteiger partial charge < -0.3 is 10.6 Å². The molecule has 1 aromatic carbocycles. The Labute approximate surface area is 111 Å². The molecule has 0 unspecified atom stereocenters. The molecular formula is C13H18BrN3. The van der Waals surface area contributed by atoms with Gasteiger partial charge in [-0.25, -0.2) is 0 Å². The number of nitrogen functional groups attached to an aromatic ring is 1. The topological polar surface area (TPSA) is 53.1 Å². The lowest BCUT2D eigenvalue weighted by Crippen LogP contribution is -2.31. The minimum atomic E-state index is 0.132. The lowest BCUT2D eigenvalue weighted by Gasteiger charge is -2.32. The number of benzene rings is 1. The number of nitrogens with two attached hydrogens (primary N) is 1. The zero-order valence-corrected chi connectivity index (χ0v) is 11.6. The summed E-state index contributed by atoms with van der Waals surface area (Å²) in [6.07, 6.45) is 4.01. The second kappa shape index (κ2) is 5.08. The molecule has 4 heteroatoms. The van der Waals surface area contributed by atoms with Crippen molar-refractivity contribution in [3.05, 3.63) is 28.2 Å². The van der Waals surface area contributed by atoms with Crippen LogP contribution >= 0.6 is 15.9 Å². The van der Waals surface area contributed by atoms with Gasteiger partial charge in [0.05, 0.1) is 0 Å². The molecule has 1 fully saturated rings. The largest absolute Gasteiger partial charge is 0.384 e. The van der Waals surface area contributed by atoms with Gasteiger partial charge in [-0.15, -0.1) is 0 Å². The van der Waals surface area contributed by atoms with Crippen LogP contribution in [0.2, 0.25) is 0 Å². The average molecular weight is 296 g/mol. The van der Waals surface area contributed by atoms with Gasteiger partial charge in [0.2, 0.25) is 0 Å². The van der Waals surface area contributed by atoms with Gasteiger partial charge in [0.1, 0.15) is 5.84 Å². The SMILES string of the molecule is CN(CC1CCC1)c1cc(Br)ccc1C(=N)N. The number of nitrogens with zero attached hydrogens (tertiary/aromatic N) is 1. The summed E-state index contributed by atoms with van der Waals surface area (Å²) in [5.41, 5.74) is 7.48. The summed E-state index contributed by atoms with van der Waals surface area (Å²) < 4.78 is 1.03. The number of halogens is 1. The molecule has 1 aromatic rings. The van der Waals surface area contributed by atoms with Gasteiger partial charge >= 0.3 is 0 Å². The summed E-state index contributed by atoms with van der Waals surface area (Å²) in [5.74, 6) is 0.937. The van der Waals surface area contributed by atoms with Crippen LogP contribution in [-0.2, 0) is 0 Å². The van der Waals surface area contributed by atoms with Crippen molar-refractivity contribution in [2.75, 3.05) is 18.5 Å². The summed E-state index contributed by atoms with van der Waals surface area (Å²) >= 11 is 3.47. The summed E-state index contributed by atoms with van der Waals surface area (Å²) in [6, 6.07) is 5.87. The number of anilines is 1. The van der Waals surface area contributed by atoms with E-state index in [1.54, 1.807) is 0 Å². The number of rotatable bonds is 4. The standard InChI is InChI=1S/C13H18BrN3/c1-17(8-9-3-2-4-9)12-7-10(14)5-6-11(12)13(15)16/h5-7,9H,2-4,8H2,1H3,(H3,15,16).